The van der Waals surface area contributed by atoms with Crippen LogP contribution in [0.1, 0.15) is 15.9 Å². The van der Waals surface area contributed by atoms with E-state index in [0.717, 1.165) is 25.3 Å². The van der Waals surface area contributed by atoms with Crippen LogP contribution in [0, 0.1) is 0 Å². The number of anilines is 1. The molecule has 120 valence electrons. The largest absolute Gasteiger partial charge is 0.322 e. The Kier molecular flexibility index (Phi) is 5.54. The number of halogens is 1. The fourth-order valence-corrected chi connectivity index (χ4v) is 3.65. The summed E-state index contributed by atoms with van der Waals surface area (Å²) in [6.07, 6.45) is 3.03. The summed E-state index contributed by atoms with van der Waals surface area (Å²) in [5, 5.41) is 3.21. The molecule has 1 amide bonds. The van der Waals surface area contributed by atoms with Crippen LogP contribution in [-0.2, 0) is 6.54 Å². The molecule has 4 nitrogen and oxygen atoms in total. The van der Waals surface area contributed by atoms with Crippen molar-refractivity contribution in [3.8, 4) is 0 Å². The Hall–Kier alpha value is -1.56. The summed E-state index contributed by atoms with van der Waals surface area (Å²) in [5.74, 6) is 2.19. The molecule has 3 rings (SSSR count). The fraction of sp³-hybridized carbons (Fsp3) is 0.294. The molecule has 1 N–H and O–H groups in total. The maximum atomic E-state index is 12.2. The smallest absolute Gasteiger partial charge is 0.257 e. The van der Waals surface area contributed by atoms with Crippen LogP contribution in [0.3, 0.4) is 0 Å². The molecule has 1 aliphatic rings. The molecule has 1 fully saturated rings. The Morgan fingerprint density at radius 3 is 2.65 bits per heavy atom. The molecule has 0 spiro atoms. The highest BCUT2D eigenvalue weighted by Crippen LogP contribution is 2.18. The standard InChI is InChI=1S/C17H18ClN3OS/c18-16-11-19-6-5-15(16)17(22)20-14-3-1-13(2-4-14)12-21-7-9-23-10-8-21/h1-6,11H,7-10,12H2,(H,20,22). The average Bonchev–Trinajstić information content (AvgIpc) is 2.58. The van der Waals surface area contributed by atoms with Gasteiger partial charge in [0.1, 0.15) is 0 Å². The first kappa shape index (κ1) is 16.3. The fourth-order valence-electron chi connectivity index (χ4n) is 2.47. The van der Waals surface area contributed by atoms with E-state index in [2.05, 4.69) is 27.3 Å². The van der Waals surface area contributed by atoms with Crippen LogP contribution < -0.4 is 5.32 Å². The van der Waals surface area contributed by atoms with Crippen LogP contribution in [0.2, 0.25) is 5.02 Å². The summed E-state index contributed by atoms with van der Waals surface area (Å²) < 4.78 is 0. The highest BCUT2D eigenvalue weighted by Gasteiger charge is 2.12. The maximum Gasteiger partial charge on any atom is 0.257 e. The quantitative estimate of drug-likeness (QED) is 0.918. The minimum Gasteiger partial charge on any atom is -0.322 e. The third-order valence-corrected chi connectivity index (χ3v) is 4.98. The average molecular weight is 348 g/mol. The number of nitrogens with zero attached hydrogens (tertiary/aromatic N) is 2. The number of nitrogens with one attached hydrogen (secondary N) is 1. The molecule has 23 heavy (non-hydrogen) atoms. The van der Waals surface area contributed by atoms with Crippen molar-refractivity contribution in [1.29, 1.82) is 0 Å². The lowest BCUT2D eigenvalue weighted by molar-refractivity contribution is 0.102. The Balaban J connectivity index is 1.61. The van der Waals surface area contributed by atoms with Crippen molar-refractivity contribution in [1.82, 2.24) is 9.88 Å². The van der Waals surface area contributed by atoms with Crippen molar-refractivity contribution < 1.29 is 4.79 Å². The molecule has 0 unspecified atom stereocenters. The van der Waals surface area contributed by atoms with Crippen molar-refractivity contribution >= 4 is 35.0 Å². The molecule has 0 bridgehead atoms. The molecule has 1 aromatic heterocycles. The van der Waals surface area contributed by atoms with E-state index in [0.29, 0.717) is 10.6 Å². The molecular weight excluding hydrogens is 330 g/mol. The Labute approximate surface area is 145 Å². The normalized spacial score (nSPS) is 15.3. The number of hydrogen-bond donors (Lipinski definition) is 1. The van der Waals surface area contributed by atoms with E-state index >= 15 is 0 Å². The molecule has 6 heteroatoms. The van der Waals surface area contributed by atoms with Gasteiger partial charge < -0.3 is 5.32 Å². The molecule has 1 saturated heterocycles. The topological polar surface area (TPSA) is 45.2 Å². The minimum absolute atomic E-state index is 0.224. The summed E-state index contributed by atoms with van der Waals surface area (Å²) in [6, 6.07) is 9.60. The number of thioether (sulfide) groups is 1. The van der Waals surface area contributed by atoms with Crippen LogP contribution in [-0.4, -0.2) is 40.4 Å². The van der Waals surface area contributed by atoms with Crippen molar-refractivity contribution in [3.05, 3.63) is 58.9 Å². The van der Waals surface area contributed by atoms with Gasteiger partial charge in [-0.2, -0.15) is 11.8 Å². The van der Waals surface area contributed by atoms with Gasteiger partial charge >= 0.3 is 0 Å². The highest BCUT2D eigenvalue weighted by atomic mass is 35.5. The highest BCUT2D eigenvalue weighted by molar-refractivity contribution is 7.99. The Morgan fingerprint density at radius 2 is 1.96 bits per heavy atom. The lowest BCUT2D eigenvalue weighted by atomic mass is 10.2. The molecule has 0 atom stereocenters. The molecule has 1 aliphatic heterocycles. The number of rotatable bonds is 4. The third-order valence-electron chi connectivity index (χ3n) is 3.74. The summed E-state index contributed by atoms with van der Waals surface area (Å²) in [4.78, 5) is 18.5. The molecule has 0 aliphatic carbocycles. The first-order valence-electron chi connectivity index (χ1n) is 7.52. The van der Waals surface area contributed by atoms with Gasteiger partial charge in [0.25, 0.3) is 5.91 Å². The van der Waals surface area contributed by atoms with E-state index in [1.54, 1.807) is 12.3 Å². The zero-order valence-electron chi connectivity index (χ0n) is 12.7. The van der Waals surface area contributed by atoms with Crippen LogP contribution in [0.4, 0.5) is 5.69 Å². The van der Waals surface area contributed by atoms with Crippen LogP contribution >= 0.6 is 23.4 Å². The first-order valence-corrected chi connectivity index (χ1v) is 9.05. The molecular formula is C17H18ClN3OS. The molecule has 0 saturated carbocycles. The maximum absolute atomic E-state index is 12.2. The van der Waals surface area contributed by atoms with Gasteiger partial charge in [-0.05, 0) is 23.8 Å². The second kappa shape index (κ2) is 7.81. The molecule has 2 heterocycles. The second-order valence-corrected chi connectivity index (χ2v) is 7.03. The zero-order valence-corrected chi connectivity index (χ0v) is 14.2. The van der Waals surface area contributed by atoms with Gasteiger partial charge in [-0.1, -0.05) is 23.7 Å². The Morgan fingerprint density at radius 1 is 1.22 bits per heavy atom. The number of benzene rings is 1. The lowest BCUT2D eigenvalue weighted by Gasteiger charge is -2.26. The number of carbonyl (C=O) groups is 1. The van der Waals surface area contributed by atoms with E-state index in [1.807, 2.05) is 23.9 Å². The SMILES string of the molecule is O=C(Nc1ccc(CN2CCSCC2)cc1)c1ccncc1Cl. The van der Waals surface area contributed by atoms with E-state index in [1.165, 1.54) is 23.3 Å². The third kappa shape index (κ3) is 4.47. The van der Waals surface area contributed by atoms with Crippen LogP contribution in [0.5, 0.6) is 0 Å². The molecule has 2 aromatic rings. The molecule has 0 radical (unpaired) electrons. The predicted octanol–water partition coefficient (Wildman–Crippen LogP) is 3.54. The zero-order chi connectivity index (χ0) is 16.1. The number of pyridine rings is 1. The van der Waals surface area contributed by atoms with Gasteiger partial charge in [0.15, 0.2) is 0 Å². The van der Waals surface area contributed by atoms with E-state index in [-0.39, 0.29) is 5.91 Å². The van der Waals surface area contributed by atoms with Crippen molar-refractivity contribution in [2.45, 2.75) is 6.54 Å². The summed E-state index contributed by atoms with van der Waals surface area (Å²) in [5.41, 5.74) is 2.45. The van der Waals surface area contributed by atoms with Crippen molar-refractivity contribution in [3.63, 3.8) is 0 Å². The second-order valence-electron chi connectivity index (χ2n) is 5.40. The number of aromatic nitrogens is 1. The van der Waals surface area contributed by atoms with Gasteiger partial charge in [0.2, 0.25) is 0 Å². The first-order chi connectivity index (χ1) is 11.2. The monoisotopic (exact) mass is 347 g/mol. The Bertz CT molecular complexity index is 672. The number of carbonyl (C=O) groups excluding carboxylic acids is 1. The van der Waals surface area contributed by atoms with Crippen molar-refractivity contribution in [2.24, 2.45) is 0 Å². The summed E-state index contributed by atoms with van der Waals surface area (Å²) in [7, 11) is 0. The van der Waals surface area contributed by atoms with Gasteiger partial charge in [0, 0.05) is 49.2 Å². The summed E-state index contributed by atoms with van der Waals surface area (Å²) >= 11 is 8.00. The number of amides is 1. The van der Waals surface area contributed by atoms with Crippen molar-refractivity contribution in [2.75, 3.05) is 29.9 Å². The van der Waals surface area contributed by atoms with Gasteiger partial charge in [0.05, 0.1) is 10.6 Å². The van der Waals surface area contributed by atoms with Gasteiger partial charge in [-0.3, -0.25) is 14.7 Å². The van der Waals surface area contributed by atoms with Crippen LogP contribution in [0.25, 0.3) is 0 Å². The van der Waals surface area contributed by atoms with Crippen LogP contribution in [0.15, 0.2) is 42.7 Å². The minimum atomic E-state index is -0.224. The van der Waals surface area contributed by atoms with E-state index < -0.39 is 0 Å². The van der Waals surface area contributed by atoms with Gasteiger partial charge in [-0.25, -0.2) is 0 Å². The predicted molar refractivity (Wildman–Crippen MR) is 96.2 cm³/mol. The van der Waals surface area contributed by atoms with E-state index in [9.17, 15) is 4.79 Å². The number of hydrogen-bond acceptors (Lipinski definition) is 4. The van der Waals surface area contributed by atoms with Gasteiger partial charge in [-0.15, -0.1) is 0 Å². The lowest BCUT2D eigenvalue weighted by Crippen LogP contribution is -2.31. The van der Waals surface area contributed by atoms with E-state index in [4.69, 9.17) is 11.6 Å². The summed E-state index contributed by atoms with van der Waals surface area (Å²) in [6.45, 7) is 3.25. The molecule has 1 aromatic carbocycles.